The van der Waals surface area contributed by atoms with Gasteiger partial charge in [-0.15, -0.1) is 6.58 Å². The van der Waals surface area contributed by atoms with E-state index in [-0.39, 0.29) is 0 Å². The maximum absolute atomic E-state index is 3.87. The van der Waals surface area contributed by atoms with Crippen LogP contribution in [0.4, 0.5) is 0 Å². The summed E-state index contributed by atoms with van der Waals surface area (Å²) in [4.78, 5) is 0. The van der Waals surface area contributed by atoms with Gasteiger partial charge < -0.3 is 0 Å². The van der Waals surface area contributed by atoms with Crippen molar-refractivity contribution in [2.24, 2.45) is 5.92 Å². The smallest absolute Gasteiger partial charge is 0.0445 e. The molecule has 0 aliphatic rings. The molecule has 0 aromatic heterocycles. The second-order valence-corrected chi connectivity index (χ2v) is 14.7. The van der Waals surface area contributed by atoms with E-state index in [2.05, 4.69) is 53.9 Å². The van der Waals surface area contributed by atoms with Gasteiger partial charge in [-0.25, -0.2) is 0 Å². The molecular weight excluding hydrogens is 304 g/mol. The lowest BCUT2D eigenvalue weighted by Crippen LogP contribution is -2.22. The standard InChI is InChI=1S/C13H30Si.C10H20/c1-6-7-8-9-10-11-13(2)12-14(3,4)5;1-4-5-6-7-8-9-10(2)3/h13H,6-12H2,1-5H3;2,4-9H2,1,3H3. The van der Waals surface area contributed by atoms with Crippen molar-refractivity contribution in [3.63, 3.8) is 0 Å². The zero-order chi connectivity index (χ0) is 18.8. The first kappa shape index (κ1) is 26.2. The quantitative estimate of drug-likeness (QED) is 0.165. The summed E-state index contributed by atoms with van der Waals surface area (Å²) in [5, 5.41) is 0. The van der Waals surface area contributed by atoms with Gasteiger partial charge in [0.15, 0.2) is 0 Å². The van der Waals surface area contributed by atoms with Gasteiger partial charge in [0.25, 0.3) is 0 Å². The first-order valence-electron chi connectivity index (χ1n) is 10.9. The van der Waals surface area contributed by atoms with Crippen LogP contribution in [0.1, 0.15) is 105 Å². The van der Waals surface area contributed by atoms with E-state index in [1.165, 1.54) is 88.7 Å². The second-order valence-electron chi connectivity index (χ2n) is 9.19. The van der Waals surface area contributed by atoms with Gasteiger partial charge in [0.2, 0.25) is 0 Å². The lowest BCUT2D eigenvalue weighted by Gasteiger charge is -2.21. The van der Waals surface area contributed by atoms with E-state index in [0.717, 1.165) is 5.92 Å². The Balaban J connectivity index is 0. The van der Waals surface area contributed by atoms with Crippen molar-refractivity contribution in [2.75, 3.05) is 0 Å². The number of allylic oxidation sites excluding steroid dienone is 1. The first-order valence-corrected chi connectivity index (χ1v) is 14.6. The minimum Gasteiger partial charge on any atom is -0.100 e. The minimum absolute atomic E-state index is 0.796. The molecule has 0 fully saturated rings. The molecule has 1 unspecified atom stereocenters. The van der Waals surface area contributed by atoms with Gasteiger partial charge in [0.1, 0.15) is 0 Å². The molecule has 0 nitrogen and oxygen atoms in total. The van der Waals surface area contributed by atoms with Crippen LogP contribution < -0.4 is 0 Å². The zero-order valence-electron chi connectivity index (χ0n) is 18.5. The van der Waals surface area contributed by atoms with E-state index in [0.29, 0.717) is 0 Å². The largest absolute Gasteiger partial charge is 0.100 e. The molecule has 0 aromatic rings. The van der Waals surface area contributed by atoms with Crippen LogP contribution in [0.15, 0.2) is 12.2 Å². The van der Waals surface area contributed by atoms with Crippen LogP contribution in [0.3, 0.4) is 0 Å². The molecule has 1 atom stereocenters. The van der Waals surface area contributed by atoms with Crippen molar-refractivity contribution in [1.82, 2.24) is 0 Å². The van der Waals surface area contributed by atoms with E-state index in [1.807, 2.05) is 0 Å². The highest BCUT2D eigenvalue weighted by Gasteiger charge is 2.16. The van der Waals surface area contributed by atoms with Gasteiger partial charge in [-0.05, 0) is 25.7 Å². The molecule has 0 amide bonds. The lowest BCUT2D eigenvalue weighted by molar-refractivity contribution is 0.514. The molecule has 0 saturated heterocycles. The van der Waals surface area contributed by atoms with E-state index < -0.39 is 8.07 Å². The third kappa shape index (κ3) is 26.8. The molecule has 0 heterocycles. The van der Waals surface area contributed by atoms with Crippen molar-refractivity contribution < 1.29 is 0 Å². The Bertz CT molecular complexity index is 262. The normalized spacial score (nSPS) is 12.5. The highest BCUT2D eigenvalue weighted by molar-refractivity contribution is 6.76. The Hall–Kier alpha value is -0.0431. The van der Waals surface area contributed by atoms with Crippen LogP contribution in [-0.4, -0.2) is 8.07 Å². The Morgan fingerprint density at radius 3 is 1.67 bits per heavy atom. The highest BCUT2D eigenvalue weighted by Crippen LogP contribution is 2.21. The average molecular weight is 355 g/mol. The maximum Gasteiger partial charge on any atom is 0.0445 e. The van der Waals surface area contributed by atoms with Crippen molar-refractivity contribution in [2.45, 2.75) is 130 Å². The summed E-state index contributed by atoms with van der Waals surface area (Å²) in [6.07, 6.45) is 16.7. The fourth-order valence-corrected chi connectivity index (χ4v) is 5.57. The van der Waals surface area contributed by atoms with Gasteiger partial charge in [-0.3, -0.25) is 0 Å². The molecule has 0 aromatic carbocycles. The van der Waals surface area contributed by atoms with Crippen LogP contribution in [-0.2, 0) is 0 Å². The molecule has 0 saturated carbocycles. The second kappa shape index (κ2) is 17.8. The molecule has 0 radical (unpaired) electrons. The fourth-order valence-electron chi connectivity index (χ4n) is 3.27. The SMILES string of the molecule is C=C(C)CCCCCCC.CCCCCCCC(C)C[Si](C)(C)C. The van der Waals surface area contributed by atoms with E-state index >= 15 is 0 Å². The molecule has 1 heteroatoms. The Labute approximate surface area is 156 Å². The topological polar surface area (TPSA) is 0 Å². The molecule has 0 N–H and O–H groups in total. The Morgan fingerprint density at radius 2 is 1.25 bits per heavy atom. The zero-order valence-corrected chi connectivity index (χ0v) is 19.5. The Kier molecular flexibility index (Phi) is 19.4. The predicted molar refractivity (Wildman–Crippen MR) is 119 cm³/mol. The van der Waals surface area contributed by atoms with Crippen molar-refractivity contribution in [3.8, 4) is 0 Å². The third-order valence-corrected chi connectivity index (χ3v) is 6.39. The van der Waals surface area contributed by atoms with Gasteiger partial charge in [-0.2, -0.15) is 0 Å². The monoisotopic (exact) mass is 354 g/mol. The molecule has 0 aliphatic heterocycles. The van der Waals surface area contributed by atoms with Crippen LogP contribution in [0.5, 0.6) is 0 Å². The highest BCUT2D eigenvalue weighted by atomic mass is 28.3. The fraction of sp³-hybridized carbons (Fsp3) is 0.913. The average Bonchev–Trinajstić information content (AvgIpc) is 2.45. The summed E-state index contributed by atoms with van der Waals surface area (Å²) in [6, 6.07) is 1.51. The Morgan fingerprint density at radius 1 is 0.792 bits per heavy atom. The van der Waals surface area contributed by atoms with E-state index in [1.54, 1.807) is 0 Å². The van der Waals surface area contributed by atoms with Gasteiger partial charge in [0.05, 0.1) is 0 Å². The summed E-state index contributed by atoms with van der Waals surface area (Å²) in [6.45, 7) is 20.4. The molecule has 0 bridgehead atoms. The van der Waals surface area contributed by atoms with E-state index in [9.17, 15) is 0 Å². The number of hydrogen-bond donors (Lipinski definition) is 0. The van der Waals surface area contributed by atoms with Crippen LogP contribution >= 0.6 is 0 Å². The van der Waals surface area contributed by atoms with Crippen molar-refractivity contribution in [1.29, 1.82) is 0 Å². The minimum atomic E-state index is -0.796. The summed E-state index contributed by atoms with van der Waals surface area (Å²) in [5.74, 6) is 0.975. The van der Waals surface area contributed by atoms with Gasteiger partial charge in [-0.1, -0.05) is 116 Å². The summed E-state index contributed by atoms with van der Waals surface area (Å²) >= 11 is 0. The van der Waals surface area contributed by atoms with Crippen LogP contribution in [0.25, 0.3) is 0 Å². The van der Waals surface area contributed by atoms with Gasteiger partial charge >= 0.3 is 0 Å². The molecule has 146 valence electrons. The third-order valence-electron chi connectivity index (χ3n) is 4.47. The molecule has 0 aliphatic carbocycles. The molecule has 24 heavy (non-hydrogen) atoms. The number of rotatable bonds is 14. The maximum atomic E-state index is 3.87. The van der Waals surface area contributed by atoms with Crippen LogP contribution in [0, 0.1) is 5.92 Å². The first-order chi connectivity index (χ1) is 11.2. The summed E-state index contributed by atoms with van der Waals surface area (Å²) in [7, 11) is -0.796. The molecule has 0 rings (SSSR count). The van der Waals surface area contributed by atoms with E-state index in [4.69, 9.17) is 0 Å². The van der Waals surface area contributed by atoms with Crippen molar-refractivity contribution in [3.05, 3.63) is 12.2 Å². The summed E-state index contributed by atoms with van der Waals surface area (Å²) in [5.41, 5.74) is 1.33. The van der Waals surface area contributed by atoms with Crippen LogP contribution in [0.2, 0.25) is 25.7 Å². The molecular formula is C23H50Si. The van der Waals surface area contributed by atoms with Gasteiger partial charge in [0, 0.05) is 8.07 Å². The molecule has 0 spiro atoms. The predicted octanol–water partition coefficient (Wildman–Crippen LogP) is 9.24. The lowest BCUT2D eigenvalue weighted by atomic mass is 10.0. The van der Waals surface area contributed by atoms with Crippen molar-refractivity contribution >= 4 is 8.07 Å². The number of hydrogen-bond acceptors (Lipinski definition) is 0. The number of unbranched alkanes of at least 4 members (excludes halogenated alkanes) is 8. The summed E-state index contributed by atoms with van der Waals surface area (Å²) < 4.78 is 0.